The molecule has 6 nitrogen and oxygen atoms in total. The smallest absolute Gasteiger partial charge is 0.250 e. The van der Waals surface area contributed by atoms with Gasteiger partial charge in [-0.2, -0.15) is 5.10 Å². The number of pyridine rings is 1. The van der Waals surface area contributed by atoms with Crippen LogP contribution in [0.15, 0.2) is 36.8 Å². The second-order valence-electron chi connectivity index (χ2n) is 6.71. The molecule has 0 aliphatic carbocycles. The van der Waals surface area contributed by atoms with Crippen molar-refractivity contribution in [2.75, 3.05) is 18.8 Å². The van der Waals surface area contributed by atoms with Gasteiger partial charge in [-0.1, -0.05) is 23.2 Å². The van der Waals surface area contributed by atoms with Gasteiger partial charge < -0.3 is 15.8 Å². The normalized spacial score (nSPS) is 12.4. The molecule has 11 heteroatoms. The van der Waals surface area contributed by atoms with Gasteiger partial charge in [0.15, 0.2) is 11.6 Å². The number of rotatable bonds is 9. The zero-order valence-electron chi connectivity index (χ0n) is 16.5. The summed E-state index contributed by atoms with van der Waals surface area (Å²) in [5.74, 6) is -0.192. The number of nitrogen functional groups attached to an aromatic ring is 1. The SMILES string of the molecule is CC(Oc1cc(-c2cnn(CCNCC(F)F)c2)cnc1N)c1c(Cl)ccc(F)c1Cl. The number of hydrogen-bond acceptors (Lipinski definition) is 5. The highest BCUT2D eigenvalue weighted by atomic mass is 35.5. The molecule has 3 N–H and O–H groups in total. The fourth-order valence-corrected chi connectivity index (χ4v) is 3.59. The second kappa shape index (κ2) is 10.2. The number of halogens is 5. The van der Waals surface area contributed by atoms with Crippen LogP contribution < -0.4 is 15.8 Å². The number of nitrogens with two attached hydrogens (primary N) is 1. The maximum Gasteiger partial charge on any atom is 0.250 e. The van der Waals surface area contributed by atoms with Crippen molar-refractivity contribution in [1.82, 2.24) is 20.1 Å². The quantitative estimate of drug-likeness (QED) is 0.338. The Morgan fingerprint density at radius 1 is 1.23 bits per heavy atom. The van der Waals surface area contributed by atoms with Crippen molar-refractivity contribution in [3.63, 3.8) is 0 Å². The van der Waals surface area contributed by atoms with E-state index in [0.29, 0.717) is 24.2 Å². The summed E-state index contributed by atoms with van der Waals surface area (Å²) in [6.07, 6.45) is 1.84. The molecule has 1 unspecified atom stereocenters. The molecule has 3 rings (SSSR count). The Morgan fingerprint density at radius 3 is 2.74 bits per heavy atom. The molecule has 0 aliphatic heterocycles. The molecule has 0 fully saturated rings. The summed E-state index contributed by atoms with van der Waals surface area (Å²) >= 11 is 12.2. The lowest BCUT2D eigenvalue weighted by atomic mass is 10.1. The maximum absolute atomic E-state index is 13.8. The van der Waals surface area contributed by atoms with E-state index in [4.69, 9.17) is 33.7 Å². The predicted octanol–water partition coefficient (Wildman–Crippen LogP) is 4.97. The summed E-state index contributed by atoms with van der Waals surface area (Å²) in [5.41, 5.74) is 7.66. The van der Waals surface area contributed by atoms with Crippen LogP contribution in [0.3, 0.4) is 0 Å². The molecule has 0 radical (unpaired) electrons. The van der Waals surface area contributed by atoms with E-state index in [1.54, 1.807) is 36.3 Å². The minimum absolute atomic E-state index is 0.121. The van der Waals surface area contributed by atoms with Gasteiger partial charge in [-0.3, -0.25) is 4.68 Å². The average Bonchev–Trinajstić information content (AvgIpc) is 3.19. The molecule has 0 aliphatic rings. The van der Waals surface area contributed by atoms with Crippen molar-refractivity contribution < 1.29 is 17.9 Å². The summed E-state index contributed by atoms with van der Waals surface area (Å²) in [7, 11) is 0. The van der Waals surface area contributed by atoms with Crippen LogP contribution in [0.25, 0.3) is 11.1 Å². The van der Waals surface area contributed by atoms with Crippen LogP contribution in [0.1, 0.15) is 18.6 Å². The summed E-state index contributed by atoms with van der Waals surface area (Å²) < 4.78 is 45.7. The van der Waals surface area contributed by atoms with Crippen molar-refractivity contribution in [2.24, 2.45) is 0 Å². The van der Waals surface area contributed by atoms with Crippen LogP contribution >= 0.6 is 23.2 Å². The zero-order chi connectivity index (χ0) is 22.5. The van der Waals surface area contributed by atoms with Crippen LogP contribution in [-0.2, 0) is 6.54 Å². The molecule has 0 spiro atoms. The third-order valence-corrected chi connectivity index (χ3v) is 5.17. The first-order chi connectivity index (χ1) is 14.8. The van der Waals surface area contributed by atoms with E-state index >= 15 is 0 Å². The van der Waals surface area contributed by atoms with E-state index in [9.17, 15) is 13.2 Å². The van der Waals surface area contributed by atoms with Crippen LogP contribution in [0.4, 0.5) is 19.0 Å². The van der Waals surface area contributed by atoms with Crippen molar-refractivity contribution in [3.8, 4) is 16.9 Å². The number of benzene rings is 1. The van der Waals surface area contributed by atoms with E-state index in [0.717, 1.165) is 5.56 Å². The molecule has 0 saturated carbocycles. The monoisotopic (exact) mass is 473 g/mol. The summed E-state index contributed by atoms with van der Waals surface area (Å²) in [4.78, 5) is 4.15. The second-order valence-corrected chi connectivity index (χ2v) is 7.50. The third-order valence-electron chi connectivity index (χ3n) is 4.45. The van der Waals surface area contributed by atoms with Gasteiger partial charge in [0.2, 0.25) is 0 Å². The molecule has 0 amide bonds. The minimum atomic E-state index is -2.40. The van der Waals surface area contributed by atoms with E-state index < -0.39 is 18.3 Å². The fourth-order valence-electron chi connectivity index (χ4n) is 2.91. The largest absolute Gasteiger partial charge is 0.482 e. The molecule has 1 aromatic carbocycles. The number of anilines is 1. The summed E-state index contributed by atoms with van der Waals surface area (Å²) in [5, 5.41) is 7.00. The first-order valence-electron chi connectivity index (χ1n) is 9.33. The minimum Gasteiger partial charge on any atom is -0.482 e. The molecule has 3 aromatic rings. The highest BCUT2D eigenvalue weighted by Gasteiger charge is 2.20. The van der Waals surface area contributed by atoms with Crippen molar-refractivity contribution in [1.29, 1.82) is 0 Å². The van der Waals surface area contributed by atoms with Gasteiger partial charge >= 0.3 is 0 Å². The van der Waals surface area contributed by atoms with Gasteiger partial charge in [0, 0.05) is 40.7 Å². The topological polar surface area (TPSA) is 78.0 Å². The molecule has 2 aromatic heterocycles. The lowest BCUT2D eigenvalue weighted by Gasteiger charge is -2.19. The Bertz CT molecular complexity index is 1050. The lowest BCUT2D eigenvalue weighted by Crippen LogP contribution is -2.25. The van der Waals surface area contributed by atoms with E-state index in [-0.39, 0.29) is 28.2 Å². The third kappa shape index (κ3) is 5.81. The maximum atomic E-state index is 13.8. The Hall–Kier alpha value is -2.49. The Labute approximate surface area is 187 Å². The molecule has 31 heavy (non-hydrogen) atoms. The number of ether oxygens (including phenoxy) is 1. The number of nitrogens with zero attached hydrogens (tertiary/aromatic N) is 3. The van der Waals surface area contributed by atoms with E-state index in [1.165, 1.54) is 12.1 Å². The average molecular weight is 474 g/mol. The van der Waals surface area contributed by atoms with Gasteiger partial charge in [0.25, 0.3) is 6.43 Å². The van der Waals surface area contributed by atoms with Crippen molar-refractivity contribution in [3.05, 3.63) is 58.2 Å². The Kier molecular flexibility index (Phi) is 7.64. The van der Waals surface area contributed by atoms with Gasteiger partial charge in [0.1, 0.15) is 11.9 Å². The molecular formula is C20H20Cl2F3N5O. The Morgan fingerprint density at radius 2 is 2.00 bits per heavy atom. The first kappa shape index (κ1) is 23.2. The molecule has 0 bridgehead atoms. The zero-order valence-corrected chi connectivity index (χ0v) is 18.0. The molecule has 1 atom stereocenters. The van der Waals surface area contributed by atoms with E-state index in [1.807, 2.05) is 0 Å². The van der Waals surface area contributed by atoms with Gasteiger partial charge in [0.05, 0.1) is 24.3 Å². The number of aromatic nitrogens is 3. The fraction of sp³-hybridized carbons (Fsp3) is 0.300. The van der Waals surface area contributed by atoms with Crippen LogP contribution in [0.2, 0.25) is 10.0 Å². The molecular weight excluding hydrogens is 454 g/mol. The predicted molar refractivity (Wildman–Crippen MR) is 114 cm³/mol. The first-order valence-corrected chi connectivity index (χ1v) is 10.1. The highest BCUT2D eigenvalue weighted by Crippen LogP contribution is 2.36. The van der Waals surface area contributed by atoms with E-state index in [2.05, 4.69) is 15.4 Å². The summed E-state index contributed by atoms with van der Waals surface area (Å²) in [6.45, 7) is 2.08. The number of alkyl halides is 2. The Balaban J connectivity index is 1.75. The summed E-state index contributed by atoms with van der Waals surface area (Å²) in [6, 6.07) is 4.26. The number of nitrogens with one attached hydrogen (secondary N) is 1. The van der Waals surface area contributed by atoms with Crippen molar-refractivity contribution >= 4 is 29.0 Å². The highest BCUT2D eigenvalue weighted by molar-refractivity contribution is 6.36. The molecule has 166 valence electrons. The molecule has 2 heterocycles. The van der Waals surface area contributed by atoms with Crippen LogP contribution in [0.5, 0.6) is 5.75 Å². The van der Waals surface area contributed by atoms with Gasteiger partial charge in [-0.15, -0.1) is 0 Å². The number of hydrogen-bond donors (Lipinski definition) is 2. The van der Waals surface area contributed by atoms with Crippen LogP contribution in [0, 0.1) is 5.82 Å². The van der Waals surface area contributed by atoms with Crippen molar-refractivity contribution in [2.45, 2.75) is 26.0 Å². The van der Waals surface area contributed by atoms with Gasteiger partial charge in [-0.05, 0) is 25.1 Å². The lowest BCUT2D eigenvalue weighted by molar-refractivity contribution is 0.145. The van der Waals surface area contributed by atoms with Crippen LogP contribution in [-0.4, -0.2) is 34.3 Å². The standard InChI is InChI=1S/C20H20Cl2F3N5O/c1-11(18-14(21)2-3-15(23)19(18)22)31-16-6-12(7-28-20(16)26)13-8-29-30(10-13)5-4-27-9-17(24)25/h2-3,6-8,10-11,17,27H,4-5,9H2,1H3,(H2,26,28). The van der Waals surface area contributed by atoms with Gasteiger partial charge in [-0.25, -0.2) is 18.2 Å². The molecule has 0 saturated heterocycles.